The maximum atomic E-state index is 13.5. The van der Waals surface area contributed by atoms with Crippen LogP contribution in [0, 0.1) is 11.7 Å². The highest BCUT2D eigenvalue weighted by molar-refractivity contribution is 6.04. The van der Waals surface area contributed by atoms with Gasteiger partial charge < -0.3 is 20.3 Å². The first-order valence-electron chi connectivity index (χ1n) is 10.8. The number of esters is 1. The van der Waals surface area contributed by atoms with Crippen molar-refractivity contribution in [3.8, 4) is 0 Å². The molecule has 0 unspecified atom stereocenters. The van der Waals surface area contributed by atoms with Crippen LogP contribution in [0.1, 0.15) is 37.7 Å². The van der Waals surface area contributed by atoms with Crippen LogP contribution < -0.4 is 21.1 Å². The molecule has 174 valence electrons. The van der Waals surface area contributed by atoms with Crippen LogP contribution in [-0.4, -0.2) is 47.4 Å². The number of nitrogens with one attached hydrogen (secondary N) is 3. The van der Waals surface area contributed by atoms with E-state index in [9.17, 15) is 23.6 Å². The quantitative estimate of drug-likeness (QED) is 0.583. The lowest BCUT2D eigenvalue weighted by molar-refractivity contribution is -0.148. The van der Waals surface area contributed by atoms with Crippen LogP contribution in [0.5, 0.6) is 0 Å². The van der Waals surface area contributed by atoms with E-state index in [0.29, 0.717) is 25.9 Å². The first-order chi connectivity index (χ1) is 15.9. The Balaban J connectivity index is 1.59. The second kappa shape index (κ2) is 9.39. The number of anilines is 3. The fraction of sp³-hybridized carbons (Fsp3) is 0.409. The molecule has 0 aliphatic carbocycles. The topological polar surface area (TPSA) is 133 Å². The molecule has 2 aliphatic heterocycles. The lowest BCUT2D eigenvalue weighted by atomic mass is 9.92. The Morgan fingerprint density at radius 3 is 2.91 bits per heavy atom. The minimum Gasteiger partial charge on any atom is -0.466 e. The number of benzene rings is 1. The summed E-state index contributed by atoms with van der Waals surface area (Å²) < 4.78 is 18.6. The SMILES string of the molecule is CCOC(=O)[C@@H]1CCCN(c2nc3c(c(=O)[nH]2)[C@H](C(=O)Nc2cccc(F)c2)CC(=O)N3)C1. The lowest BCUT2D eigenvalue weighted by Gasteiger charge is -2.32. The van der Waals surface area contributed by atoms with Gasteiger partial charge in [0, 0.05) is 25.2 Å². The van der Waals surface area contributed by atoms with E-state index in [-0.39, 0.29) is 47.9 Å². The largest absolute Gasteiger partial charge is 0.466 e. The summed E-state index contributed by atoms with van der Waals surface area (Å²) in [5.41, 5.74) is -0.314. The summed E-state index contributed by atoms with van der Waals surface area (Å²) in [6.45, 7) is 2.91. The van der Waals surface area contributed by atoms with Crippen molar-refractivity contribution in [3.63, 3.8) is 0 Å². The summed E-state index contributed by atoms with van der Waals surface area (Å²) in [7, 11) is 0. The molecule has 10 nitrogen and oxygen atoms in total. The minimum absolute atomic E-state index is 0.00245. The third-order valence-corrected chi connectivity index (χ3v) is 5.69. The zero-order valence-electron chi connectivity index (χ0n) is 18.0. The second-order valence-electron chi connectivity index (χ2n) is 7.99. The monoisotopic (exact) mass is 457 g/mol. The molecular weight excluding hydrogens is 433 g/mol. The summed E-state index contributed by atoms with van der Waals surface area (Å²) in [4.78, 5) is 59.1. The van der Waals surface area contributed by atoms with Crippen molar-refractivity contribution in [2.24, 2.45) is 5.92 Å². The number of nitrogens with zero attached hydrogens (tertiary/aromatic N) is 2. The molecule has 0 bridgehead atoms. The van der Waals surface area contributed by atoms with Crippen molar-refractivity contribution in [2.75, 3.05) is 35.2 Å². The fourth-order valence-electron chi connectivity index (χ4n) is 4.15. The molecule has 4 rings (SSSR count). The van der Waals surface area contributed by atoms with Crippen LogP contribution in [0.25, 0.3) is 0 Å². The summed E-state index contributed by atoms with van der Waals surface area (Å²) in [5, 5.41) is 5.11. The number of halogens is 1. The van der Waals surface area contributed by atoms with E-state index in [1.54, 1.807) is 11.8 Å². The number of amides is 2. The number of ether oxygens (including phenoxy) is 1. The molecule has 0 spiro atoms. The zero-order chi connectivity index (χ0) is 23.5. The number of rotatable bonds is 5. The molecule has 1 fully saturated rings. The Labute approximate surface area is 188 Å². The van der Waals surface area contributed by atoms with Gasteiger partial charge in [0.15, 0.2) is 0 Å². The average molecular weight is 457 g/mol. The van der Waals surface area contributed by atoms with Gasteiger partial charge >= 0.3 is 5.97 Å². The zero-order valence-corrected chi connectivity index (χ0v) is 18.0. The standard InChI is InChI=1S/C22H24FN5O5/c1-2-33-21(32)12-5-4-8-28(11-12)22-26-18-17(20(31)27-22)15(10-16(29)25-18)19(30)24-14-7-3-6-13(23)9-14/h3,6-7,9,12,15H,2,4-5,8,10-11H2,1H3,(H,24,30)(H2,25,26,27,29,31)/t12-,15-/m1/s1. The molecule has 3 heterocycles. The number of carbonyl (C=O) groups excluding carboxylic acids is 3. The van der Waals surface area contributed by atoms with Crippen LogP contribution in [0.4, 0.5) is 21.8 Å². The normalized spacial score (nSPS) is 19.9. The molecule has 3 N–H and O–H groups in total. The number of hydrogen-bond donors (Lipinski definition) is 3. The number of H-pyrrole nitrogens is 1. The molecule has 1 aromatic carbocycles. The second-order valence-corrected chi connectivity index (χ2v) is 7.99. The molecule has 2 aliphatic rings. The summed E-state index contributed by atoms with van der Waals surface area (Å²) in [5.74, 6) is -3.13. The molecule has 1 aromatic heterocycles. The summed E-state index contributed by atoms with van der Waals surface area (Å²) in [6.07, 6.45) is 1.13. The molecule has 0 saturated carbocycles. The molecular formula is C22H24FN5O5. The van der Waals surface area contributed by atoms with Crippen molar-refractivity contribution in [1.82, 2.24) is 9.97 Å². The van der Waals surface area contributed by atoms with Gasteiger partial charge in [0.25, 0.3) is 5.56 Å². The smallest absolute Gasteiger partial charge is 0.310 e. The van der Waals surface area contributed by atoms with Crippen molar-refractivity contribution >= 4 is 35.2 Å². The van der Waals surface area contributed by atoms with E-state index < -0.39 is 29.1 Å². The highest BCUT2D eigenvalue weighted by atomic mass is 19.1. The van der Waals surface area contributed by atoms with Crippen LogP contribution >= 0.6 is 0 Å². The number of carbonyl (C=O) groups is 3. The maximum Gasteiger partial charge on any atom is 0.310 e. The van der Waals surface area contributed by atoms with Gasteiger partial charge in [-0.25, -0.2) is 4.39 Å². The van der Waals surface area contributed by atoms with Gasteiger partial charge in [-0.05, 0) is 38.0 Å². The number of aromatic amines is 1. The van der Waals surface area contributed by atoms with Crippen molar-refractivity contribution in [3.05, 3.63) is 46.0 Å². The van der Waals surface area contributed by atoms with Gasteiger partial charge in [-0.2, -0.15) is 4.98 Å². The minimum atomic E-state index is -1.09. The van der Waals surface area contributed by atoms with Crippen LogP contribution in [-0.2, 0) is 19.1 Å². The summed E-state index contributed by atoms with van der Waals surface area (Å²) in [6, 6.07) is 5.33. The first kappa shape index (κ1) is 22.4. The average Bonchev–Trinajstić information content (AvgIpc) is 2.78. The van der Waals surface area contributed by atoms with E-state index >= 15 is 0 Å². The molecule has 2 amide bonds. The Kier molecular flexibility index (Phi) is 6.38. The van der Waals surface area contributed by atoms with Crippen LogP contribution in [0.3, 0.4) is 0 Å². The fourth-order valence-corrected chi connectivity index (χ4v) is 4.15. The highest BCUT2D eigenvalue weighted by Crippen LogP contribution is 2.31. The van der Waals surface area contributed by atoms with Crippen LogP contribution in [0.2, 0.25) is 0 Å². The molecule has 11 heteroatoms. The predicted molar refractivity (Wildman–Crippen MR) is 117 cm³/mol. The third kappa shape index (κ3) is 4.86. The van der Waals surface area contributed by atoms with Crippen molar-refractivity contribution in [2.45, 2.75) is 32.1 Å². The number of hydrogen-bond acceptors (Lipinski definition) is 7. The van der Waals surface area contributed by atoms with E-state index in [1.165, 1.54) is 18.2 Å². The predicted octanol–water partition coefficient (Wildman–Crippen LogP) is 1.75. The Bertz CT molecular complexity index is 1150. The Hall–Kier alpha value is -3.76. The lowest BCUT2D eigenvalue weighted by Crippen LogP contribution is -2.42. The van der Waals surface area contributed by atoms with Gasteiger partial charge in [-0.3, -0.25) is 24.2 Å². The number of fused-ring (bicyclic) bond motifs is 1. The Morgan fingerprint density at radius 2 is 2.15 bits per heavy atom. The van der Waals surface area contributed by atoms with Gasteiger partial charge in [0.1, 0.15) is 11.6 Å². The van der Waals surface area contributed by atoms with Crippen molar-refractivity contribution in [1.29, 1.82) is 0 Å². The van der Waals surface area contributed by atoms with E-state index in [0.717, 1.165) is 6.07 Å². The maximum absolute atomic E-state index is 13.5. The molecule has 0 radical (unpaired) electrons. The van der Waals surface area contributed by atoms with Gasteiger partial charge in [0.05, 0.1) is 24.0 Å². The number of piperidine rings is 1. The van der Waals surface area contributed by atoms with E-state index in [2.05, 4.69) is 20.6 Å². The molecule has 33 heavy (non-hydrogen) atoms. The van der Waals surface area contributed by atoms with E-state index in [1.807, 2.05) is 0 Å². The number of aromatic nitrogens is 2. The summed E-state index contributed by atoms with van der Waals surface area (Å²) >= 11 is 0. The van der Waals surface area contributed by atoms with Gasteiger partial charge in [-0.1, -0.05) is 6.07 Å². The van der Waals surface area contributed by atoms with Crippen LogP contribution in [0.15, 0.2) is 29.1 Å². The third-order valence-electron chi connectivity index (χ3n) is 5.69. The Morgan fingerprint density at radius 1 is 1.33 bits per heavy atom. The highest BCUT2D eigenvalue weighted by Gasteiger charge is 2.36. The van der Waals surface area contributed by atoms with E-state index in [4.69, 9.17) is 4.74 Å². The molecule has 2 atom stereocenters. The molecule has 2 aromatic rings. The molecule has 1 saturated heterocycles. The van der Waals surface area contributed by atoms with Gasteiger partial charge in [-0.15, -0.1) is 0 Å². The van der Waals surface area contributed by atoms with Crippen molar-refractivity contribution < 1.29 is 23.5 Å². The first-order valence-corrected chi connectivity index (χ1v) is 10.8. The van der Waals surface area contributed by atoms with Gasteiger partial charge in [0.2, 0.25) is 17.8 Å².